The van der Waals surface area contributed by atoms with Crippen molar-refractivity contribution >= 4 is 11.9 Å². The topological polar surface area (TPSA) is 75.6 Å². The van der Waals surface area contributed by atoms with E-state index in [2.05, 4.69) is 16.6 Å². The highest BCUT2D eigenvalue weighted by Crippen LogP contribution is 2.19. The van der Waals surface area contributed by atoms with Gasteiger partial charge >= 0.3 is 18.6 Å². The number of alkyl halides is 2. The van der Waals surface area contributed by atoms with Crippen molar-refractivity contribution in [1.82, 2.24) is 5.32 Å². The second-order valence-electron chi connectivity index (χ2n) is 3.47. The van der Waals surface area contributed by atoms with Crippen molar-refractivity contribution in [3.05, 3.63) is 12.2 Å². The van der Waals surface area contributed by atoms with E-state index in [-0.39, 0.29) is 12.8 Å². The van der Waals surface area contributed by atoms with E-state index in [1.54, 1.807) is 0 Å². The first kappa shape index (κ1) is 12.6. The lowest BCUT2D eigenvalue weighted by Gasteiger charge is -2.28. The molecule has 2 N–H and O–H groups in total. The van der Waals surface area contributed by atoms with Crippen molar-refractivity contribution in [2.75, 3.05) is 0 Å². The predicted molar refractivity (Wildman–Crippen MR) is 48.8 cm³/mol. The fourth-order valence-electron chi connectivity index (χ4n) is 1.50. The average molecular weight is 235 g/mol. The molecule has 0 saturated carbocycles. The first-order valence-corrected chi connectivity index (χ1v) is 4.54. The van der Waals surface area contributed by atoms with Crippen LogP contribution in [-0.2, 0) is 14.3 Å². The highest BCUT2D eigenvalue weighted by Gasteiger charge is 2.33. The summed E-state index contributed by atoms with van der Waals surface area (Å²) in [7, 11) is 0. The Morgan fingerprint density at radius 1 is 1.44 bits per heavy atom. The summed E-state index contributed by atoms with van der Waals surface area (Å²) in [5, 5.41) is 11.2. The van der Waals surface area contributed by atoms with Crippen molar-refractivity contribution < 1.29 is 28.2 Å². The molecule has 0 radical (unpaired) electrons. The third-order valence-electron chi connectivity index (χ3n) is 2.18. The summed E-state index contributed by atoms with van der Waals surface area (Å²) in [5.74, 6) is -2.32. The summed E-state index contributed by atoms with van der Waals surface area (Å²) in [6.45, 7) is 0.359. The van der Waals surface area contributed by atoms with Crippen molar-refractivity contribution in [3.8, 4) is 0 Å². The molecule has 2 unspecified atom stereocenters. The van der Waals surface area contributed by atoms with Crippen LogP contribution in [0.25, 0.3) is 0 Å². The van der Waals surface area contributed by atoms with E-state index in [1.807, 2.05) is 0 Å². The molecule has 0 amide bonds. The summed E-state index contributed by atoms with van der Waals surface area (Å²) in [6, 6.07) is -2.06. The van der Waals surface area contributed by atoms with E-state index in [0.717, 1.165) is 0 Å². The van der Waals surface area contributed by atoms with E-state index >= 15 is 0 Å². The third-order valence-corrected chi connectivity index (χ3v) is 2.18. The SMILES string of the molecule is C=C1CC(C(=O)O)NC(C(=O)OC(F)F)C1. The Balaban J connectivity index is 2.63. The van der Waals surface area contributed by atoms with Crippen LogP contribution in [0.4, 0.5) is 8.78 Å². The van der Waals surface area contributed by atoms with Crippen LogP contribution in [0.15, 0.2) is 12.2 Å². The molecule has 16 heavy (non-hydrogen) atoms. The second kappa shape index (κ2) is 5.02. The van der Waals surface area contributed by atoms with Crippen LogP contribution < -0.4 is 5.32 Å². The molecule has 0 bridgehead atoms. The predicted octanol–water partition coefficient (Wildman–Crippen LogP) is 0.514. The molecule has 1 rings (SSSR count). The van der Waals surface area contributed by atoms with Gasteiger partial charge in [-0.1, -0.05) is 12.2 Å². The van der Waals surface area contributed by atoms with Crippen molar-refractivity contribution in [3.63, 3.8) is 0 Å². The fourth-order valence-corrected chi connectivity index (χ4v) is 1.50. The summed E-state index contributed by atoms with van der Waals surface area (Å²) < 4.78 is 27.3. The number of ether oxygens (including phenoxy) is 1. The van der Waals surface area contributed by atoms with Crippen molar-refractivity contribution in [1.29, 1.82) is 0 Å². The molecule has 7 heteroatoms. The smallest absolute Gasteiger partial charge is 0.389 e. The quantitative estimate of drug-likeness (QED) is 0.550. The number of hydrogen-bond donors (Lipinski definition) is 2. The number of carbonyl (C=O) groups is 2. The first-order chi connectivity index (χ1) is 7.40. The van der Waals surface area contributed by atoms with Gasteiger partial charge < -0.3 is 9.84 Å². The van der Waals surface area contributed by atoms with Crippen LogP contribution >= 0.6 is 0 Å². The number of nitrogens with one attached hydrogen (secondary N) is 1. The van der Waals surface area contributed by atoms with Crippen LogP contribution in [0.3, 0.4) is 0 Å². The molecule has 2 atom stereocenters. The van der Waals surface area contributed by atoms with Gasteiger partial charge in [0.05, 0.1) is 0 Å². The molecule has 1 aliphatic heterocycles. The second-order valence-corrected chi connectivity index (χ2v) is 3.47. The van der Waals surface area contributed by atoms with Crippen molar-refractivity contribution in [2.24, 2.45) is 0 Å². The number of carboxylic acid groups (broad SMARTS) is 1. The molecule has 0 aliphatic carbocycles. The lowest BCUT2D eigenvalue weighted by atomic mass is 9.94. The van der Waals surface area contributed by atoms with Gasteiger partial charge in [0.15, 0.2) is 0 Å². The van der Waals surface area contributed by atoms with Crippen LogP contribution in [-0.4, -0.2) is 35.7 Å². The molecule has 1 heterocycles. The van der Waals surface area contributed by atoms with E-state index in [4.69, 9.17) is 5.11 Å². The molecule has 1 aliphatic rings. The molecule has 0 aromatic heterocycles. The number of hydrogen-bond acceptors (Lipinski definition) is 4. The number of rotatable bonds is 3. The number of carbonyl (C=O) groups excluding carboxylic acids is 1. The lowest BCUT2D eigenvalue weighted by Crippen LogP contribution is -2.51. The van der Waals surface area contributed by atoms with Gasteiger partial charge in [-0.05, 0) is 12.8 Å². The van der Waals surface area contributed by atoms with E-state index in [1.165, 1.54) is 0 Å². The van der Waals surface area contributed by atoms with Gasteiger partial charge in [-0.2, -0.15) is 8.78 Å². The standard InChI is InChI=1S/C9H11F2NO4/c1-4-2-5(7(13)14)12-6(3-4)8(15)16-9(10)11/h5-6,9,12H,1-3H2,(H,13,14). The molecule has 0 aromatic rings. The van der Waals surface area contributed by atoms with Crippen LogP contribution in [0.2, 0.25) is 0 Å². The zero-order chi connectivity index (χ0) is 12.3. The minimum atomic E-state index is -3.20. The number of esters is 1. The molecule has 0 spiro atoms. The van der Waals surface area contributed by atoms with Gasteiger partial charge in [0.1, 0.15) is 12.1 Å². The summed E-state index contributed by atoms with van der Waals surface area (Å²) in [5.41, 5.74) is 0.516. The Hall–Kier alpha value is -1.50. The summed E-state index contributed by atoms with van der Waals surface area (Å²) in [4.78, 5) is 21.8. The highest BCUT2D eigenvalue weighted by atomic mass is 19.3. The number of halogens is 2. The molecule has 5 nitrogen and oxygen atoms in total. The van der Waals surface area contributed by atoms with Gasteiger partial charge in [0.2, 0.25) is 0 Å². The van der Waals surface area contributed by atoms with Gasteiger partial charge in [0.25, 0.3) is 0 Å². The molecule has 0 aromatic carbocycles. The maximum Gasteiger partial charge on any atom is 0.389 e. The minimum absolute atomic E-state index is 0.106. The molecular formula is C9H11F2NO4. The zero-order valence-electron chi connectivity index (χ0n) is 8.28. The fraction of sp³-hybridized carbons (Fsp3) is 0.556. The minimum Gasteiger partial charge on any atom is -0.480 e. The Morgan fingerprint density at radius 3 is 2.50 bits per heavy atom. The summed E-state index contributed by atoms with van der Waals surface area (Å²) >= 11 is 0. The van der Waals surface area contributed by atoms with Crippen molar-refractivity contribution in [2.45, 2.75) is 31.5 Å². The maximum atomic E-state index is 11.8. The Bertz CT molecular complexity index is 319. The highest BCUT2D eigenvalue weighted by molar-refractivity contribution is 5.80. The first-order valence-electron chi connectivity index (χ1n) is 4.54. The molecule has 1 fully saturated rings. The zero-order valence-corrected chi connectivity index (χ0v) is 8.28. The number of carboxylic acids is 1. The number of aliphatic carboxylic acids is 1. The van der Waals surface area contributed by atoms with Crippen LogP contribution in [0.5, 0.6) is 0 Å². The summed E-state index contributed by atoms with van der Waals surface area (Å²) in [6.07, 6.45) is 0.281. The van der Waals surface area contributed by atoms with Gasteiger partial charge in [-0.15, -0.1) is 0 Å². The molecule has 1 saturated heterocycles. The maximum absolute atomic E-state index is 11.8. The van der Waals surface area contributed by atoms with Gasteiger partial charge in [-0.3, -0.25) is 14.9 Å². The Labute approximate surface area is 90.1 Å². The molecular weight excluding hydrogens is 224 g/mol. The number of piperidine rings is 1. The van der Waals surface area contributed by atoms with Gasteiger partial charge in [-0.25, -0.2) is 0 Å². The third kappa shape index (κ3) is 3.27. The van der Waals surface area contributed by atoms with E-state index in [0.29, 0.717) is 5.57 Å². The van der Waals surface area contributed by atoms with E-state index in [9.17, 15) is 18.4 Å². The van der Waals surface area contributed by atoms with E-state index < -0.39 is 30.6 Å². The lowest BCUT2D eigenvalue weighted by molar-refractivity contribution is -0.179. The molecule has 90 valence electrons. The van der Waals surface area contributed by atoms with Crippen LogP contribution in [0, 0.1) is 0 Å². The van der Waals surface area contributed by atoms with Crippen LogP contribution in [0.1, 0.15) is 12.8 Å². The Morgan fingerprint density at radius 2 is 2.00 bits per heavy atom. The monoisotopic (exact) mass is 235 g/mol. The van der Waals surface area contributed by atoms with Gasteiger partial charge in [0, 0.05) is 0 Å². The average Bonchev–Trinajstić information content (AvgIpc) is 2.15. The largest absolute Gasteiger partial charge is 0.480 e. The Kier molecular flexibility index (Phi) is 3.94. The normalized spacial score (nSPS) is 25.6.